The Morgan fingerprint density at radius 3 is 2.24 bits per heavy atom. The molecule has 2 unspecified atom stereocenters. The van der Waals surface area contributed by atoms with Gasteiger partial charge in [-0.2, -0.15) is 0 Å². The number of benzene rings is 2. The number of amides is 3. The van der Waals surface area contributed by atoms with Crippen LogP contribution in [0.3, 0.4) is 0 Å². The number of carbonyl (C=O) groups is 3. The average Bonchev–Trinajstić information content (AvgIpc) is 2.98. The lowest BCUT2D eigenvalue weighted by Gasteiger charge is -2.25. The lowest BCUT2D eigenvalue weighted by Crippen LogP contribution is -2.43. The third kappa shape index (κ3) is 3.92. The number of hydrogen-bond acceptors (Lipinski definition) is 3. The summed E-state index contributed by atoms with van der Waals surface area (Å²) in [5, 5.41) is 3.33. The van der Waals surface area contributed by atoms with Gasteiger partial charge in [-0.25, -0.2) is 4.79 Å². The molecule has 0 aliphatic carbocycles. The molecular weight excluding hydrogens is 388 g/mol. The molecule has 6 heteroatoms. The van der Waals surface area contributed by atoms with Gasteiger partial charge in [-0.05, 0) is 42.0 Å². The molecule has 0 aromatic heterocycles. The second-order valence-electron chi connectivity index (χ2n) is 7.44. The highest BCUT2D eigenvalue weighted by atomic mass is 35.5. The molecule has 2 aromatic carbocycles. The Morgan fingerprint density at radius 1 is 1.07 bits per heavy atom. The number of ketones is 1. The number of nitrogens with zero attached hydrogens (tertiary/aromatic N) is 1. The summed E-state index contributed by atoms with van der Waals surface area (Å²) >= 11 is 5.95. The van der Waals surface area contributed by atoms with E-state index in [0.717, 1.165) is 16.9 Å². The van der Waals surface area contributed by atoms with Crippen molar-refractivity contribution in [3.05, 3.63) is 70.2 Å². The van der Waals surface area contributed by atoms with Crippen molar-refractivity contribution in [1.82, 2.24) is 10.2 Å². The summed E-state index contributed by atoms with van der Waals surface area (Å²) < 4.78 is 0. The maximum Gasteiger partial charge on any atom is 0.325 e. The third-order valence-electron chi connectivity index (χ3n) is 5.76. The molecule has 2 atom stereocenters. The molecular formula is C23H25ClN2O3. The Morgan fingerprint density at radius 2 is 1.69 bits per heavy atom. The lowest BCUT2D eigenvalue weighted by atomic mass is 9.87. The monoisotopic (exact) mass is 412 g/mol. The molecule has 1 aliphatic rings. The number of imide groups is 1. The summed E-state index contributed by atoms with van der Waals surface area (Å²) in [5.41, 5.74) is 1.11. The second-order valence-corrected chi connectivity index (χ2v) is 7.88. The van der Waals surface area contributed by atoms with Crippen LogP contribution in [0.4, 0.5) is 4.79 Å². The van der Waals surface area contributed by atoms with Crippen LogP contribution in [0.25, 0.3) is 0 Å². The van der Waals surface area contributed by atoms with Gasteiger partial charge < -0.3 is 5.32 Å². The SMILES string of the molecule is CCC(C)c1ccc(C(=O)CN2C(=O)NC(CC)(c3ccc(Cl)cc3)C2=O)cc1. The predicted molar refractivity (Wildman–Crippen MR) is 113 cm³/mol. The maximum atomic E-state index is 13.2. The van der Waals surface area contributed by atoms with Crippen LogP contribution in [0.15, 0.2) is 48.5 Å². The molecule has 5 nitrogen and oxygen atoms in total. The summed E-state index contributed by atoms with van der Waals surface area (Å²) in [6.45, 7) is 5.78. The quantitative estimate of drug-likeness (QED) is 0.519. The molecule has 1 N–H and O–H groups in total. The van der Waals surface area contributed by atoms with Crippen LogP contribution >= 0.6 is 11.6 Å². The fraction of sp³-hybridized carbons (Fsp3) is 0.348. The Kier molecular flexibility index (Phi) is 6.08. The average molecular weight is 413 g/mol. The highest BCUT2D eigenvalue weighted by Crippen LogP contribution is 2.33. The summed E-state index contributed by atoms with van der Waals surface area (Å²) in [6.07, 6.45) is 1.38. The van der Waals surface area contributed by atoms with E-state index in [9.17, 15) is 14.4 Å². The standard InChI is InChI=1S/C23H25ClN2O3/c1-4-15(3)16-6-8-17(9-7-16)20(27)14-26-21(28)23(5-2,25-22(26)29)18-10-12-19(24)13-11-18/h6-13,15H,4-5,14H2,1-3H3,(H,25,29). The van der Waals surface area contributed by atoms with Crippen molar-refractivity contribution in [3.8, 4) is 0 Å². The van der Waals surface area contributed by atoms with Crippen molar-refractivity contribution in [3.63, 3.8) is 0 Å². The van der Waals surface area contributed by atoms with Crippen LogP contribution < -0.4 is 5.32 Å². The van der Waals surface area contributed by atoms with Crippen molar-refractivity contribution in [2.75, 3.05) is 6.54 Å². The number of carbonyl (C=O) groups excluding carboxylic acids is 3. The fourth-order valence-electron chi connectivity index (χ4n) is 3.61. The number of halogens is 1. The van der Waals surface area contributed by atoms with E-state index in [2.05, 4.69) is 19.2 Å². The van der Waals surface area contributed by atoms with Crippen molar-refractivity contribution >= 4 is 29.3 Å². The predicted octanol–water partition coefficient (Wildman–Crippen LogP) is 4.89. The molecule has 3 rings (SSSR count). The van der Waals surface area contributed by atoms with E-state index in [1.54, 1.807) is 36.4 Å². The van der Waals surface area contributed by atoms with Gasteiger partial charge in [-0.1, -0.05) is 68.8 Å². The molecule has 1 saturated heterocycles. The van der Waals surface area contributed by atoms with Crippen molar-refractivity contribution < 1.29 is 14.4 Å². The number of nitrogens with one attached hydrogen (secondary N) is 1. The molecule has 1 aliphatic heterocycles. The first-order chi connectivity index (χ1) is 13.8. The van der Waals surface area contributed by atoms with E-state index >= 15 is 0 Å². The van der Waals surface area contributed by atoms with Crippen LogP contribution in [-0.2, 0) is 10.3 Å². The molecule has 1 heterocycles. The lowest BCUT2D eigenvalue weighted by molar-refractivity contribution is -0.131. The van der Waals surface area contributed by atoms with E-state index < -0.39 is 17.5 Å². The Labute approximate surface area is 176 Å². The van der Waals surface area contributed by atoms with E-state index in [4.69, 9.17) is 11.6 Å². The van der Waals surface area contributed by atoms with Crippen molar-refractivity contribution in [2.45, 2.75) is 45.1 Å². The van der Waals surface area contributed by atoms with Crippen LogP contribution in [-0.4, -0.2) is 29.2 Å². The van der Waals surface area contributed by atoms with Gasteiger partial charge in [-0.3, -0.25) is 14.5 Å². The first-order valence-corrected chi connectivity index (χ1v) is 10.2. The molecule has 0 radical (unpaired) electrons. The number of rotatable bonds is 7. The summed E-state index contributed by atoms with van der Waals surface area (Å²) in [5.74, 6) is -0.279. The van der Waals surface area contributed by atoms with Crippen LogP contribution in [0.2, 0.25) is 5.02 Å². The zero-order valence-electron chi connectivity index (χ0n) is 16.9. The summed E-state index contributed by atoms with van der Waals surface area (Å²) in [4.78, 5) is 39.5. The first-order valence-electron chi connectivity index (χ1n) is 9.85. The smallest absolute Gasteiger partial charge is 0.319 e. The normalized spacial score (nSPS) is 19.9. The van der Waals surface area contributed by atoms with Crippen molar-refractivity contribution in [1.29, 1.82) is 0 Å². The largest absolute Gasteiger partial charge is 0.325 e. The van der Waals surface area contributed by atoms with Gasteiger partial charge in [0.05, 0.1) is 6.54 Å². The molecule has 0 saturated carbocycles. The highest BCUT2D eigenvalue weighted by Gasteiger charge is 2.51. The Hall–Kier alpha value is -2.66. The van der Waals surface area contributed by atoms with Crippen LogP contribution in [0, 0.1) is 0 Å². The van der Waals surface area contributed by atoms with E-state index in [1.807, 2.05) is 19.1 Å². The number of Topliss-reactive ketones (excluding diaryl/α,β-unsaturated/α-hetero) is 1. The second kappa shape index (κ2) is 8.37. The van der Waals surface area contributed by atoms with Crippen LogP contribution in [0.5, 0.6) is 0 Å². The van der Waals surface area contributed by atoms with Gasteiger partial charge in [-0.15, -0.1) is 0 Å². The zero-order chi connectivity index (χ0) is 21.2. The van der Waals surface area contributed by atoms with Crippen LogP contribution in [0.1, 0.15) is 61.0 Å². The number of urea groups is 1. The van der Waals surface area contributed by atoms with Gasteiger partial charge in [0.2, 0.25) is 0 Å². The van der Waals surface area contributed by atoms with E-state index in [0.29, 0.717) is 28.5 Å². The molecule has 1 fully saturated rings. The minimum absolute atomic E-state index is 0.271. The minimum Gasteiger partial charge on any atom is -0.319 e. The van der Waals surface area contributed by atoms with E-state index in [-0.39, 0.29) is 12.3 Å². The molecule has 3 amide bonds. The zero-order valence-corrected chi connectivity index (χ0v) is 17.6. The Bertz CT molecular complexity index is 924. The summed E-state index contributed by atoms with van der Waals surface area (Å²) in [6, 6.07) is 13.6. The molecule has 2 aromatic rings. The van der Waals surface area contributed by atoms with E-state index in [1.165, 1.54) is 0 Å². The highest BCUT2D eigenvalue weighted by molar-refractivity contribution is 6.30. The Balaban J connectivity index is 1.80. The minimum atomic E-state index is -1.18. The van der Waals surface area contributed by atoms with Gasteiger partial charge in [0.15, 0.2) is 5.78 Å². The van der Waals surface area contributed by atoms with Gasteiger partial charge in [0, 0.05) is 10.6 Å². The van der Waals surface area contributed by atoms with Gasteiger partial charge >= 0.3 is 6.03 Å². The molecule has 152 valence electrons. The topological polar surface area (TPSA) is 66.5 Å². The fourth-order valence-corrected chi connectivity index (χ4v) is 3.74. The number of hydrogen-bond donors (Lipinski definition) is 1. The molecule has 0 bridgehead atoms. The maximum absolute atomic E-state index is 13.2. The molecule has 29 heavy (non-hydrogen) atoms. The van der Waals surface area contributed by atoms with Crippen molar-refractivity contribution in [2.24, 2.45) is 0 Å². The van der Waals surface area contributed by atoms with Gasteiger partial charge in [0.1, 0.15) is 5.54 Å². The first kappa shape index (κ1) is 21.1. The van der Waals surface area contributed by atoms with Gasteiger partial charge in [0.25, 0.3) is 5.91 Å². The third-order valence-corrected chi connectivity index (χ3v) is 6.01. The molecule has 0 spiro atoms. The summed E-state index contributed by atoms with van der Waals surface area (Å²) in [7, 11) is 0.